The Labute approximate surface area is 176 Å². The smallest absolute Gasteiger partial charge is 0.410 e. The van der Waals surface area contributed by atoms with Gasteiger partial charge in [0.1, 0.15) is 6.61 Å². The number of para-hydroxylation sites is 2. The second-order valence-electron chi connectivity index (χ2n) is 7.04. The van der Waals surface area contributed by atoms with Crippen molar-refractivity contribution in [3.05, 3.63) is 60.2 Å². The molecule has 3 rings (SSSR count). The highest BCUT2D eigenvalue weighted by atomic mass is 16.6. The first-order valence-electron chi connectivity index (χ1n) is 10.3. The SMILES string of the molecule is CCOc1ccccc1OCC(=O)NC1CCN(C(=O)OCc2ccccc2)CC1. The van der Waals surface area contributed by atoms with E-state index in [0.29, 0.717) is 44.0 Å². The number of hydrogen-bond acceptors (Lipinski definition) is 5. The zero-order valence-corrected chi connectivity index (χ0v) is 17.2. The Balaban J connectivity index is 1.37. The molecular formula is C23H28N2O5. The lowest BCUT2D eigenvalue weighted by Gasteiger charge is -2.31. The monoisotopic (exact) mass is 412 g/mol. The predicted molar refractivity (Wildman–Crippen MR) is 112 cm³/mol. The first kappa shape index (κ1) is 21.5. The topological polar surface area (TPSA) is 77.1 Å². The van der Waals surface area contributed by atoms with Crippen LogP contribution in [0.5, 0.6) is 11.5 Å². The van der Waals surface area contributed by atoms with Crippen molar-refractivity contribution in [1.29, 1.82) is 0 Å². The minimum Gasteiger partial charge on any atom is -0.490 e. The first-order chi connectivity index (χ1) is 14.7. The third kappa shape index (κ3) is 6.40. The highest BCUT2D eigenvalue weighted by molar-refractivity contribution is 5.78. The Morgan fingerprint density at radius 1 is 0.967 bits per heavy atom. The lowest BCUT2D eigenvalue weighted by molar-refractivity contribution is -0.124. The van der Waals surface area contributed by atoms with E-state index in [-0.39, 0.29) is 31.3 Å². The molecule has 0 unspecified atom stereocenters. The first-order valence-corrected chi connectivity index (χ1v) is 10.3. The molecule has 1 N–H and O–H groups in total. The van der Waals surface area contributed by atoms with Gasteiger partial charge in [-0.2, -0.15) is 0 Å². The molecule has 0 spiro atoms. The summed E-state index contributed by atoms with van der Waals surface area (Å²) in [6, 6.07) is 16.9. The molecule has 2 amide bonds. The van der Waals surface area contributed by atoms with Crippen molar-refractivity contribution in [3.63, 3.8) is 0 Å². The van der Waals surface area contributed by atoms with E-state index >= 15 is 0 Å². The number of carbonyl (C=O) groups is 2. The number of hydrogen-bond donors (Lipinski definition) is 1. The van der Waals surface area contributed by atoms with E-state index in [0.717, 1.165) is 5.56 Å². The van der Waals surface area contributed by atoms with E-state index in [1.54, 1.807) is 11.0 Å². The molecule has 0 aromatic heterocycles. The Morgan fingerprint density at radius 2 is 1.60 bits per heavy atom. The van der Waals surface area contributed by atoms with Gasteiger partial charge >= 0.3 is 6.09 Å². The van der Waals surface area contributed by atoms with Crippen LogP contribution < -0.4 is 14.8 Å². The Kier molecular flexibility index (Phi) is 7.94. The van der Waals surface area contributed by atoms with Gasteiger partial charge in [-0.25, -0.2) is 4.79 Å². The van der Waals surface area contributed by atoms with Gasteiger partial charge in [0.25, 0.3) is 5.91 Å². The van der Waals surface area contributed by atoms with E-state index in [2.05, 4.69) is 5.32 Å². The van der Waals surface area contributed by atoms with Crippen LogP contribution in [0.4, 0.5) is 4.79 Å². The molecule has 0 saturated carbocycles. The molecule has 0 atom stereocenters. The minimum absolute atomic E-state index is 0.0152. The highest BCUT2D eigenvalue weighted by Crippen LogP contribution is 2.26. The molecule has 7 nitrogen and oxygen atoms in total. The van der Waals surface area contributed by atoms with Crippen LogP contribution >= 0.6 is 0 Å². The van der Waals surface area contributed by atoms with Gasteiger partial charge in [0.05, 0.1) is 6.61 Å². The average Bonchev–Trinajstić information content (AvgIpc) is 2.78. The zero-order chi connectivity index (χ0) is 21.2. The molecule has 1 saturated heterocycles. The molecule has 7 heteroatoms. The highest BCUT2D eigenvalue weighted by Gasteiger charge is 2.25. The number of amides is 2. The zero-order valence-electron chi connectivity index (χ0n) is 17.2. The van der Waals surface area contributed by atoms with Gasteiger partial charge in [-0.1, -0.05) is 42.5 Å². The molecule has 1 heterocycles. The summed E-state index contributed by atoms with van der Waals surface area (Å²) >= 11 is 0. The third-order valence-electron chi connectivity index (χ3n) is 4.83. The molecule has 2 aromatic carbocycles. The van der Waals surface area contributed by atoms with Gasteiger partial charge in [-0.05, 0) is 37.5 Å². The van der Waals surface area contributed by atoms with E-state index in [1.165, 1.54) is 0 Å². The summed E-state index contributed by atoms with van der Waals surface area (Å²) in [5, 5.41) is 2.97. The molecule has 0 bridgehead atoms. The lowest BCUT2D eigenvalue weighted by Crippen LogP contribution is -2.47. The summed E-state index contributed by atoms with van der Waals surface area (Å²) in [6.45, 7) is 3.70. The normalized spacial score (nSPS) is 14.1. The molecular weight excluding hydrogens is 384 g/mol. The predicted octanol–water partition coefficient (Wildman–Crippen LogP) is 3.38. The molecule has 1 fully saturated rings. The summed E-state index contributed by atoms with van der Waals surface area (Å²) in [5.41, 5.74) is 0.957. The van der Waals surface area contributed by atoms with Crippen molar-refractivity contribution in [2.45, 2.75) is 32.4 Å². The standard InChI is InChI=1S/C23H28N2O5/c1-2-28-20-10-6-7-11-21(20)29-17-22(26)24-19-12-14-25(15-13-19)23(27)30-16-18-8-4-3-5-9-18/h3-11,19H,2,12-17H2,1H3,(H,24,26). The molecule has 0 aliphatic carbocycles. The summed E-state index contributed by atoms with van der Waals surface area (Å²) in [4.78, 5) is 26.2. The van der Waals surface area contributed by atoms with Gasteiger partial charge in [0.15, 0.2) is 18.1 Å². The number of piperidine rings is 1. The molecule has 30 heavy (non-hydrogen) atoms. The summed E-state index contributed by atoms with van der Waals surface area (Å²) in [5.74, 6) is 0.979. The van der Waals surface area contributed by atoms with Crippen LogP contribution in [0.25, 0.3) is 0 Å². The van der Waals surface area contributed by atoms with Gasteiger partial charge in [0, 0.05) is 19.1 Å². The van der Waals surface area contributed by atoms with Crippen LogP contribution in [0.2, 0.25) is 0 Å². The van der Waals surface area contributed by atoms with Gasteiger partial charge in [-0.3, -0.25) is 4.79 Å². The maximum atomic E-state index is 12.2. The molecule has 0 radical (unpaired) electrons. The summed E-state index contributed by atoms with van der Waals surface area (Å²) in [6.07, 6.45) is 1.04. The van der Waals surface area contributed by atoms with Crippen molar-refractivity contribution in [2.75, 3.05) is 26.3 Å². The van der Waals surface area contributed by atoms with Crippen LogP contribution in [-0.2, 0) is 16.1 Å². The van der Waals surface area contributed by atoms with E-state index < -0.39 is 0 Å². The number of carbonyl (C=O) groups excluding carboxylic acids is 2. The maximum absolute atomic E-state index is 12.2. The number of rotatable bonds is 8. The Morgan fingerprint density at radius 3 is 2.27 bits per heavy atom. The van der Waals surface area contributed by atoms with Gasteiger partial charge in [-0.15, -0.1) is 0 Å². The summed E-state index contributed by atoms with van der Waals surface area (Å²) in [7, 11) is 0. The van der Waals surface area contributed by atoms with Crippen molar-refractivity contribution in [3.8, 4) is 11.5 Å². The minimum atomic E-state index is -0.320. The third-order valence-corrected chi connectivity index (χ3v) is 4.83. The van der Waals surface area contributed by atoms with Gasteiger partial charge in [0.2, 0.25) is 0 Å². The van der Waals surface area contributed by atoms with Crippen molar-refractivity contribution in [1.82, 2.24) is 10.2 Å². The fourth-order valence-corrected chi connectivity index (χ4v) is 3.27. The molecule has 160 valence electrons. The van der Waals surface area contributed by atoms with Crippen molar-refractivity contribution < 1.29 is 23.8 Å². The van der Waals surface area contributed by atoms with Crippen LogP contribution in [0.3, 0.4) is 0 Å². The van der Waals surface area contributed by atoms with Crippen LogP contribution in [0.15, 0.2) is 54.6 Å². The average molecular weight is 412 g/mol. The van der Waals surface area contributed by atoms with Crippen LogP contribution in [0.1, 0.15) is 25.3 Å². The maximum Gasteiger partial charge on any atom is 0.410 e. The molecule has 1 aliphatic rings. The largest absolute Gasteiger partial charge is 0.490 e. The fraction of sp³-hybridized carbons (Fsp3) is 0.391. The number of nitrogens with zero attached hydrogens (tertiary/aromatic N) is 1. The van der Waals surface area contributed by atoms with Crippen LogP contribution in [-0.4, -0.2) is 49.2 Å². The van der Waals surface area contributed by atoms with Crippen molar-refractivity contribution >= 4 is 12.0 Å². The quantitative estimate of drug-likeness (QED) is 0.719. The second kappa shape index (κ2) is 11.1. The van der Waals surface area contributed by atoms with E-state index in [1.807, 2.05) is 55.5 Å². The molecule has 1 aliphatic heterocycles. The Hall–Kier alpha value is -3.22. The van der Waals surface area contributed by atoms with Crippen molar-refractivity contribution in [2.24, 2.45) is 0 Å². The second-order valence-corrected chi connectivity index (χ2v) is 7.04. The van der Waals surface area contributed by atoms with E-state index in [9.17, 15) is 9.59 Å². The molecule has 2 aromatic rings. The fourth-order valence-electron chi connectivity index (χ4n) is 3.27. The number of benzene rings is 2. The number of ether oxygens (including phenoxy) is 3. The Bertz CT molecular complexity index is 819. The van der Waals surface area contributed by atoms with E-state index in [4.69, 9.17) is 14.2 Å². The lowest BCUT2D eigenvalue weighted by atomic mass is 10.1. The van der Waals surface area contributed by atoms with Gasteiger partial charge < -0.3 is 24.4 Å². The van der Waals surface area contributed by atoms with Crippen LogP contribution in [0, 0.1) is 0 Å². The number of likely N-dealkylation sites (tertiary alicyclic amines) is 1. The number of nitrogens with one attached hydrogen (secondary N) is 1. The summed E-state index contributed by atoms with van der Waals surface area (Å²) < 4.78 is 16.5.